The maximum atomic E-state index is 14.1. The molecule has 3 N–H and O–H groups in total. The average molecular weight is 374 g/mol. The van der Waals surface area contributed by atoms with Gasteiger partial charge in [0.2, 0.25) is 0 Å². The summed E-state index contributed by atoms with van der Waals surface area (Å²) in [6.45, 7) is 5.27. The summed E-state index contributed by atoms with van der Waals surface area (Å²) in [6, 6.07) is 12.3. The summed E-state index contributed by atoms with van der Waals surface area (Å²) in [7, 11) is 0. The smallest absolute Gasteiger partial charge is 0.127 e. The van der Waals surface area contributed by atoms with Gasteiger partial charge in [-0.3, -0.25) is 0 Å². The van der Waals surface area contributed by atoms with E-state index in [1.165, 1.54) is 27.5 Å². The van der Waals surface area contributed by atoms with Gasteiger partial charge in [0, 0.05) is 17.9 Å². The van der Waals surface area contributed by atoms with Crippen LogP contribution in [0.2, 0.25) is 0 Å². The first-order valence-corrected chi connectivity index (χ1v) is 9.99. The van der Waals surface area contributed by atoms with Gasteiger partial charge in [0.25, 0.3) is 0 Å². The van der Waals surface area contributed by atoms with Gasteiger partial charge in [-0.25, -0.2) is 8.78 Å². The van der Waals surface area contributed by atoms with Crippen molar-refractivity contribution in [2.24, 2.45) is 0 Å². The Bertz CT molecular complexity index is 772. The van der Waals surface area contributed by atoms with Gasteiger partial charge in [-0.1, -0.05) is 18.2 Å². The molecule has 2 aliphatic rings. The topological polar surface area (TPSA) is 29.1 Å². The number of benzene rings is 2. The van der Waals surface area contributed by atoms with Crippen molar-refractivity contribution in [2.75, 3.05) is 39.3 Å². The maximum absolute atomic E-state index is 14.1. The van der Waals surface area contributed by atoms with E-state index in [2.05, 4.69) is 0 Å². The van der Waals surface area contributed by atoms with Crippen LogP contribution >= 0.6 is 0 Å². The second-order valence-corrected chi connectivity index (χ2v) is 7.89. The Morgan fingerprint density at radius 1 is 0.852 bits per heavy atom. The quantitative estimate of drug-likeness (QED) is 0.723. The van der Waals surface area contributed by atoms with Crippen molar-refractivity contribution in [2.45, 2.75) is 24.8 Å². The van der Waals surface area contributed by atoms with Gasteiger partial charge in [0.15, 0.2) is 0 Å². The monoisotopic (exact) mass is 374 g/mol. The molecule has 0 spiro atoms. The summed E-state index contributed by atoms with van der Waals surface area (Å²) in [6.07, 6.45) is 2.02. The van der Waals surface area contributed by atoms with Crippen molar-refractivity contribution >= 4 is 0 Å². The molecule has 1 aliphatic carbocycles. The molecule has 5 heteroatoms. The largest absolute Gasteiger partial charge is 0.391 e. The zero-order valence-corrected chi connectivity index (χ0v) is 15.6. The molecular formula is C22H28F2N2O+2. The number of aliphatic hydroxyl groups is 1. The SMILES string of the molecule is OCC[NH+]1CC[NH+]([C@@H]2CC[C@@H](c3ccc(F)cc3)c3ccc(F)cc32)CC1. The Labute approximate surface area is 159 Å². The molecule has 144 valence electrons. The molecule has 1 heterocycles. The second-order valence-electron chi connectivity index (χ2n) is 7.89. The highest BCUT2D eigenvalue weighted by atomic mass is 19.1. The average Bonchev–Trinajstić information content (AvgIpc) is 2.69. The third kappa shape index (κ3) is 3.91. The summed E-state index contributed by atoms with van der Waals surface area (Å²) in [5, 5.41) is 9.16. The third-order valence-corrected chi connectivity index (χ3v) is 6.37. The lowest BCUT2D eigenvalue weighted by Crippen LogP contribution is -3.28. The van der Waals surface area contributed by atoms with E-state index in [0.717, 1.165) is 56.7 Å². The molecule has 2 aromatic rings. The number of fused-ring (bicyclic) bond motifs is 1. The Kier molecular flexibility index (Phi) is 5.53. The van der Waals surface area contributed by atoms with E-state index in [9.17, 15) is 8.78 Å². The van der Waals surface area contributed by atoms with Gasteiger partial charge in [-0.05, 0) is 41.8 Å². The summed E-state index contributed by atoms with van der Waals surface area (Å²) >= 11 is 0. The molecule has 3 nitrogen and oxygen atoms in total. The van der Waals surface area contributed by atoms with Crippen LogP contribution < -0.4 is 9.80 Å². The lowest BCUT2D eigenvalue weighted by atomic mass is 9.76. The van der Waals surface area contributed by atoms with Crippen LogP contribution in [0.4, 0.5) is 8.78 Å². The lowest BCUT2D eigenvalue weighted by molar-refractivity contribution is -1.03. The van der Waals surface area contributed by atoms with E-state index in [0.29, 0.717) is 6.04 Å². The molecule has 0 aromatic heterocycles. The first-order chi connectivity index (χ1) is 13.2. The minimum absolute atomic E-state index is 0.178. The molecule has 27 heavy (non-hydrogen) atoms. The molecule has 2 atom stereocenters. The normalized spacial score (nSPS) is 28.0. The predicted octanol–water partition coefficient (Wildman–Crippen LogP) is 0.707. The van der Waals surface area contributed by atoms with E-state index in [4.69, 9.17) is 5.11 Å². The Morgan fingerprint density at radius 3 is 2.26 bits per heavy atom. The Hall–Kier alpha value is -1.82. The van der Waals surface area contributed by atoms with Gasteiger partial charge in [0.1, 0.15) is 50.4 Å². The minimum Gasteiger partial charge on any atom is -0.391 e. The second kappa shape index (κ2) is 8.05. The summed E-state index contributed by atoms with van der Waals surface area (Å²) in [5.41, 5.74) is 3.42. The summed E-state index contributed by atoms with van der Waals surface area (Å²) in [5.74, 6) is -0.194. The molecule has 2 aromatic carbocycles. The molecule has 0 saturated carbocycles. The molecule has 1 aliphatic heterocycles. The van der Waals surface area contributed by atoms with Crippen molar-refractivity contribution in [3.63, 3.8) is 0 Å². The maximum Gasteiger partial charge on any atom is 0.127 e. The number of quaternary nitrogens is 2. The van der Waals surface area contributed by atoms with Crippen molar-refractivity contribution in [3.8, 4) is 0 Å². The summed E-state index contributed by atoms with van der Waals surface area (Å²) < 4.78 is 27.4. The fourth-order valence-electron chi connectivity index (χ4n) is 4.96. The van der Waals surface area contributed by atoms with Crippen molar-refractivity contribution in [1.29, 1.82) is 0 Å². The van der Waals surface area contributed by atoms with Gasteiger partial charge >= 0.3 is 0 Å². The molecule has 1 saturated heterocycles. The summed E-state index contributed by atoms with van der Waals surface area (Å²) in [4.78, 5) is 2.99. The number of hydrogen-bond donors (Lipinski definition) is 3. The number of aliphatic hydroxyl groups excluding tert-OH is 1. The van der Waals surface area contributed by atoms with E-state index < -0.39 is 0 Å². The Balaban J connectivity index is 1.59. The van der Waals surface area contributed by atoms with Gasteiger partial charge in [-0.15, -0.1) is 0 Å². The van der Waals surface area contributed by atoms with Crippen LogP contribution in [0.1, 0.15) is 41.5 Å². The number of rotatable bonds is 4. The van der Waals surface area contributed by atoms with Gasteiger partial charge in [-0.2, -0.15) is 0 Å². The first-order valence-electron chi connectivity index (χ1n) is 9.99. The molecule has 1 fully saturated rings. The van der Waals surface area contributed by atoms with E-state index in [1.54, 1.807) is 12.1 Å². The molecular weight excluding hydrogens is 346 g/mol. The van der Waals surface area contributed by atoms with Crippen molar-refractivity contribution < 1.29 is 23.7 Å². The van der Waals surface area contributed by atoms with Gasteiger partial charge in [0.05, 0.1) is 6.61 Å². The predicted molar refractivity (Wildman–Crippen MR) is 100.0 cm³/mol. The van der Waals surface area contributed by atoms with Crippen LogP contribution in [0.25, 0.3) is 0 Å². The van der Waals surface area contributed by atoms with Crippen LogP contribution in [0.5, 0.6) is 0 Å². The molecule has 0 unspecified atom stereocenters. The molecule has 4 rings (SSSR count). The van der Waals surface area contributed by atoms with E-state index >= 15 is 0 Å². The van der Waals surface area contributed by atoms with Gasteiger partial charge < -0.3 is 14.9 Å². The molecule has 0 bridgehead atoms. The minimum atomic E-state index is -0.223. The highest BCUT2D eigenvalue weighted by Gasteiger charge is 2.37. The van der Waals surface area contributed by atoms with Crippen LogP contribution in [-0.2, 0) is 0 Å². The van der Waals surface area contributed by atoms with Crippen LogP contribution in [0.15, 0.2) is 42.5 Å². The third-order valence-electron chi connectivity index (χ3n) is 6.37. The zero-order chi connectivity index (χ0) is 18.8. The highest BCUT2D eigenvalue weighted by molar-refractivity contribution is 5.41. The number of nitrogens with one attached hydrogen (secondary N) is 2. The highest BCUT2D eigenvalue weighted by Crippen LogP contribution is 2.40. The first kappa shape index (κ1) is 18.5. The van der Waals surface area contributed by atoms with E-state index in [1.807, 2.05) is 18.2 Å². The number of hydrogen-bond acceptors (Lipinski definition) is 1. The molecule has 0 amide bonds. The van der Waals surface area contributed by atoms with Crippen LogP contribution in [0.3, 0.4) is 0 Å². The van der Waals surface area contributed by atoms with Crippen LogP contribution in [-0.4, -0.2) is 44.4 Å². The fourth-order valence-corrected chi connectivity index (χ4v) is 4.96. The number of piperazine rings is 1. The lowest BCUT2D eigenvalue weighted by Gasteiger charge is -2.39. The standard InChI is InChI=1S/C22H26F2N2O/c23-17-3-1-16(2-4-17)19-7-8-22(21-15-18(24)5-6-20(19)21)26-11-9-25(10-12-26)13-14-27/h1-6,15,19,22,27H,7-14H2/p+2/t19-,22+/m0/s1. The Morgan fingerprint density at radius 2 is 1.56 bits per heavy atom. The number of halogens is 2. The fraction of sp³-hybridized carbons (Fsp3) is 0.455. The van der Waals surface area contributed by atoms with Crippen molar-refractivity contribution in [3.05, 3.63) is 70.8 Å². The van der Waals surface area contributed by atoms with Crippen LogP contribution in [0, 0.1) is 11.6 Å². The van der Waals surface area contributed by atoms with E-state index in [-0.39, 0.29) is 24.2 Å². The zero-order valence-electron chi connectivity index (χ0n) is 15.6. The van der Waals surface area contributed by atoms with Crippen molar-refractivity contribution in [1.82, 2.24) is 0 Å². The molecule has 0 radical (unpaired) electrons.